The largest absolute Gasteiger partial charge is 0.508 e. The minimum Gasteiger partial charge on any atom is -0.508 e. The Morgan fingerprint density at radius 1 is 1.26 bits per heavy atom. The lowest BCUT2D eigenvalue weighted by molar-refractivity contribution is -0.153. The van der Waals surface area contributed by atoms with Crippen LogP contribution in [0, 0.1) is 11.8 Å². The van der Waals surface area contributed by atoms with Crippen molar-refractivity contribution in [1.82, 2.24) is 4.90 Å². The van der Waals surface area contributed by atoms with E-state index >= 15 is 0 Å². The van der Waals surface area contributed by atoms with Crippen LogP contribution in [-0.2, 0) is 20.8 Å². The lowest BCUT2D eigenvalue weighted by Crippen LogP contribution is -2.65. The first-order chi connectivity index (χ1) is 16.0. The molecule has 0 aliphatic heterocycles. The van der Waals surface area contributed by atoms with Gasteiger partial charge in [0, 0.05) is 24.5 Å². The van der Waals surface area contributed by atoms with Gasteiger partial charge in [-0.1, -0.05) is 19.6 Å². The third-order valence-electron chi connectivity index (χ3n) is 7.00. The highest BCUT2D eigenvalue weighted by atomic mass is 16.5. The van der Waals surface area contributed by atoms with Crippen LogP contribution in [0.1, 0.15) is 31.4 Å². The average molecular weight is 489 g/mol. The second-order valence-corrected chi connectivity index (χ2v) is 9.18. The number of ether oxygens (including phenoxy) is 1. The van der Waals surface area contributed by atoms with E-state index in [-0.39, 0.29) is 38.4 Å². The van der Waals surface area contributed by atoms with Crippen molar-refractivity contribution >= 4 is 23.2 Å². The summed E-state index contributed by atoms with van der Waals surface area (Å²) in [5.74, 6) is -5.71. The van der Waals surface area contributed by atoms with E-state index in [1.807, 2.05) is 0 Å². The number of nitrogens with zero attached hydrogens (tertiary/aromatic N) is 1. The number of amides is 1. The summed E-state index contributed by atoms with van der Waals surface area (Å²) in [5, 5.41) is 42.6. The van der Waals surface area contributed by atoms with Gasteiger partial charge in [-0.25, -0.2) is 0 Å². The molecule has 1 amide bonds. The first-order valence-electron chi connectivity index (χ1n) is 11.1. The standard InChI is InChI=1S/C24H28N2O8.CH4/c1-26(2)18-13-10-12-9-11-5-3-6-14(34-8-4-7-27)15(11)19(28)16(12)21(30)24(13,33)22(31)17(20(18)29)23(25)32;/h3,5-6,12-13,18,27-28,31,33H,4,7-10H2,1-2H3,(H2,25,32);1H4/t12-,13-,18-,24-;/m0./s1. The molecule has 6 N–H and O–H groups in total. The Morgan fingerprint density at radius 2 is 1.94 bits per heavy atom. The highest BCUT2D eigenvalue weighted by Gasteiger charge is 2.64. The number of carbonyl (C=O) groups excluding carboxylic acids is 3. The van der Waals surface area contributed by atoms with Gasteiger partial charge in [0.05, 0.1) is 18.2 Å². The van der Waals surface area contributed by atoms with E-state index in [0.29, 0.717) is 24.2 Å². The Hall–Kier alpha value is -3.21. The molecule has 0 unspecified atom stereocenters. The minimum atomic E-state index is -2.60. The first-order valence-corrected chi connectivity index (χ1v) is 11.1. The SMILES string of the molecule is C.CN(C)[C@@H]1C(=O)C(C(N)=O)=C(O)[C@@]2(O)C(=O)C3=C(O)c4c(cccc4OCCCO)C[C@H]3C[C@@H]12. The van der Waals surface area contributed by atoms with Gasteiger partial charge in [0.25, 0.3) is 5.91 Å². The van der Waals surface area contributed by atoms with Crippen LogP contribution >= 0.6 is 0 Å². The predicted octanol–water partition coefficient (Wildman–Crippen LogP) is 0.656. The number of aliphatic hydroxyl groups excluding tert-OH is 3. The quantitative estimate of drug-likeness (QED) is 0.285. The second-order valence-electron chi connectivity index (χ2n) is 9.18. The van der Waals surface area contributed by atoms with E-state index in [1.54, 1.807) is 32.3 Å². The fourth-order valence-electron chi connectivity index (χ4n) is 5.53. The number of benzene rings is 1. The molecule has 1 fully saturated rings. The number of rotatable bonds is 6. The molecule has 4 atom stereocenters. The van der Waals surface area contributed by atoms with Gasteiger partial charge in [-0.05, 0) is 44.5 Å². The molecule has 10 nitrogen and oxygen atoms in total. The number of ketones is 2. The van der Waals surface area contributed by atoms with E-state index in [2.05, 4.69) is 0 Å². The molecule has 1 aromatic rings. The monoisotopic (exact) mass is 488 g/mol. The van der Waals surface area contributed by atoms with Crippen LogP contribution in [0.2, 0.25) is 0 Å². The molecule has 190 valence electrons. The maximum Gasteiger partial charge on any atom is 0.255 e. The Labute approximate surface area is 203 Å². The first kappa shape index (κ1) is 26.4. The predicted molar refractivity (Wildman–Crippen MR) is 127 cm³/mol. The lowest BCUT2D eigenvalue weighted by atomic mass is 9.57. The van der Waals surface area contributed by atoms with E-state index in [1.165, 1.54) is 4.90 Å². The van der Waals surface area contributed by atoms with Crippen LogP contribution in [0.4, 0.5) is 0 Å². The van der Waals surface area contributed by atoms with E-state index in [0.717, 1.165) is 5.56 Å². The van der Waals surface area contributed by atoms with Gasteiger partial charge in [0.1, 0.15) is 22.8 Å². The van der Waals surface area contributed by atoms with E-state index in [9.17, 15) is 29.7 Å². The van der Waals surface area contributed by atoms with Crippen LogP contribution in [-0.4, -0.2) is 81.8 Å². The van der Waals surface area contributed by atoms with Crippen molar-refractivity contribution in [2.24, 2.45) is 17.6 Å². The number of hydrogen-bond donors (Lipinski definition) is 5. The Kier molecular flexibility index (Phi) is 7.12. The summed E-state index contributed by atoms with van der Waals surface area (Å²) in [5.41, 5.74) is 2.85. The van der Waals surface area contributed by atoms with Crippen molar-refractivity contribution in [2.75, 3.05) is 27.3 Å². The number of aliphatic hydroxyl groups is 4. The van der Waals surface area contributed by atoms with Gasteiger partial charge in [-0.2, -0.15) is 0 Å². The molecule has 0 radical (unpaired) electrons. The van der Waals surface area contributed by atoms with Gasteiger partial charge < -0.3 is 30.9 Å². The molecule has 35 heavy (non-hydrogen) atoms. The zero-order valence-electron chi connectivity index (χ0n) is 18.9. The normalized spacial score (nSPS) is 27.7. The Balaban J connectivity index is 0.00000342. The highest BCUT2D eigenvalue weighted by Crippen LogP contribution is 2.52. The summed E-state index contributed by atoms with van der Waals surface area (Å²) in [6.07, 6.45) is 0.811. The van der Waals surface area contributed by atoms with Crippen LogP contribution in [0.25, 0.3) is 5.76 Å². The van der Waals surface area contributed by atoms with Crippen LogP contribution < -0.4 is 10.5 Å². The van der Waals surface area contributed by atoms with Crippen molar-refractivity contribution in [1.29, 1.82) is 0 Å². The molecular formula is C25H32N2O8. The van der Waals surface area contributed by atoms with Crippen LogP contribution in [0.15, 0.2) is 35.1 Å². The molecular weight excluding hydrogens is 456 g/mol. The minimum absolute atomic E-state index is 0. The number of nitrogens with two attached hydrogens (primary N) is 1. The summed E-state index contributed by atoms with van der Waals surface area (Å²) >= 11 is 0. The molecule has 0 spiro atoms. The maximum atomic E-state index is 13.7. The van der Waals surface area contributed by atoms with Crippen molar-refractivity contribution in [3.05, 3.63) is 46.2 Å². The smallest absolute Gasteiger partial charge is 0.255 e. The molecule has 4 rings (SSSR count). The fourth-order valence-corrected chi connectivity index (χ4v) is 5.53. The van der Waals surface area contributed by atoms with E-state index < -0.39 is 52.3 Å². The number of carbonyl (C=O) groups is 3. The topological polar surface area (TPSA) is 171 Å². The number of primary amides is 1. The molecule has 1 saturated carbocycles. The number of Topliss-reactive ketones (excluding diaryl/α,β-unsaturated/α-hetero) is 2. The van der Waals surface area contributed by atoms with E-state index in [4.69, 9.17) is 15.6 Å². The summed E-state index contributed by atoms with van der Waals surface area (Å²) in [6, 6.07) is 4.10. The maximum absolute atomic E-state index is 13.7. The summed E-state index contributed by atoms with van der Waals surface area (Å²) in [4.78, 5) is 40.3. The van der Waals surface area contributed by atoms with Gasteiger partial charge >= 0.3 is 0 Å². The summed E-state index contributed by atoms with van der Waals surface area (Å²) in [6.45, 7) is 0.119. The van der Waals surface area contributed by atoms with Crippen LogP contribution in [0.3, 0.4) is 0 Å². The molecule has 3 aliphatic carbocycles. The molecule has 1 aromatic carbocycles. The summed E-state index contributed by atoms with van der Waals surface area (Å²) in [7, 11) is 3.15. The molecule has 0 bridgehead atoms. The molecule has 0 saturated heterocycles. The van der Waals surface area contributed by atoms with Gasteiger partial charge in [0.15, 0.2) is 11.4 Å². The van der Waals surface area contributed by atoms with Gasteiger partial charge in [-0.15, -0.1) is 0 Å². The fraction of sp³-hybridized carbons (Fsp3) is 0.480. The van der Waals surface area contributed by atoms with Crippen molar-refractivity contribution < 1.29 is 39.5 Å². The average Bonchev–Trinajstić information content (AvgIpc) is 2.76. The number of hydrogen-bond acceptors (Lipinski definition) is 9. The Morgan fingerprint density at radius 3 is 2.54 bits per heavy atom. The molecule has 0 aromatic heterocycles. The van der Waals surface area contributed by atoms with Gasteiger partial charge in [-0.3, -0.25) is 19.3 Å². The summed E-state index contributed by atoms with van der Waals surface area (Å²) < 4.78 is 5.70. The van der Waals surface area contributed by atoms with Crippen molar-refractivity contribution in [3.63, 3.8) is 0 Å². The van der Waals surface area contributed by atoms with Crippen LogP contribution in [0.5, 0.6) is 5.75 Å². The number of fused-ring (bicyclic) bond motifs is 3. The third-order valence-corrected chi connectivity index (χ3v) is 7.00. The Bertz CT molecular complexity index is 1140. The molecule has 0 heterocycles. The molecule has 3 aliphatic rings. The zero-order valence-corrected chi connectivity index (χ0v) is 18.9. The van der Waals surface area contributed by atoms with Crippen molar-refractivity contribution in [3.8, 4) is 5.75 Å². The van der Waals surface area contributed by atoms with Crippen molar-refractivity contribution in [2.45, 2.75) is 38.3 Å². The highest BCUT2D eigenvalue weighted by molar-refractivity contribution is 6.24. The number of likely N-dealkylation sites (N-methyl/N-ethyl adjacent to an activating group) is 1. The zero-order chi connectivity index (χ0) is 24.9. The third kappa shape index (κ3) is 3.81. The molecule has 10 heteroatoms. The van der Waals surface area contributed by atoms with Gasteiger partial charge in [0.2, 0.25) is 5.78 Å². The second kappa shape index (κ2) is 9.44. The lowest BCUT2D eigenvalue weighted by Gasteiger charge is -2.50.